The van der Waals surface area contributed by atoms with E-state index in [1.807, 2.05) is 38.1 Å². The highest BCUT2D eigenvalue weighted by Gasteiger charge is 2.07. The summed E-state index contributed by atoms with van der Waals surface area (Å²) in [7, 11) is 0. The van der Waals surface area contributed by atoms with Crippen LogP contribution in [0.25, 0.3) is 11.1 Å². The molecule has 0 spiro atoms. The van der Waals surface area contributed by atoms with E-state index in [4.69, 9.17) is 10.5 Å². The molecule has 2 aromatic carbocycles. The Morgan fingerprint density at radius 1 is 1.11 bits per heavy atom. The zero-order valence-electron chi connectivity index (χ0n) is 11.3. The van der Waals surface area contributed by atoms with Crippen molar-refractivity contribution in [2.45, 2.75) is 19.9 Å². The summed E-state index contributed by atoms with van der Waals surface area (Å²) in [6, 6.07) is 16.4. The van der Waals surface area contributed by atoms with Crippen LogP contribution < -0.4 is 10.5 Å². The van der Waals surface area contributed by atoms with E-state index in [1.165, 1.54) is 0 Å². The minimum atomic E-state index is 0. The molecule has 0 amide bonds. The maximum absolute atomic E-state index is 5.93. The van der Waals surface area contributed by atoms with E-state index >= 15 is 0 Å². The van der Waals surface area contributed by atoms with Crippen LogP contribution in [-0.4, -0.2) is 6.61 Å². The Bertz CT molecular complexity index is 526. The molecule has 0 bridgehead atoms. The average molecular weight is 278 g/mol. The Hall–Kier alpha value is -1.51. The molecule has 0 heterocycles. The molecular weight excluding hydrogens is 258 g/mol. The second kappa shape index (κ2) is 7.17. The second-order valence-electron chi connectivity index (χ2n) is 4.34. The highest BCUT2D eigenvalue weighted by Crippen LogP contribution is 2.30. The van der Waals surface area contributed by atoms with Crippen molar-refractivity contribution in [2.75, 3.05) is 6.61 Å². The van der Waals surface area contributed by atoms with E-state index in [-0.39, 0.29) is 18.4 Å². The lowest BCUT2D eigenvalue weighted by molar-refractivity contribution is 0.341. The number of ether oxygens (including phenoxy) is 1. The van der Waals surface area contributed by atoms with Gasteiger partial charge in [0.2, 0.25) is 0 Å². The molecule has 19 heavy (non-hydrogen) atoms. The van der Waals surface area contributed by atoms with Gasteiger partial charge in [-0.3, -0.25) is 0 Å². The molecule has 0 fully saturated rings. The summed E-state index contributed by atoms with van der Waals surface area (Å²) < 4.78 is 5.66. The second-order valence-corrected chi connectivity index (χ2v) is 4.34. The molecule has 0 radical (unpaired) electrons. The lowest BCUT2D eigenvalue weighted by Gasteiger charge is -2.12. The summed E-state index contributed by atoms with van der Waals surface area (Å²) in [5.74, 6) is 0.918. The molecule has 1 atom stereocenters. The molecule has 3 heteroatoms. The molecular formula is C16H20ClNO. The number of halogens is 1. The largest absolute Gasteiger partial charge is 0.493 e. The summed E-state index contributed by atoms with van der Waals surface area (Å²) in [4.78, 5) is 0. The lowest BCUT2D eigenvalue weighted by Crippen LogP contribution is -2.04. The van der Waals surface area contributed by atoms with Crippen LogP contribution in [0.3, 0.4) is 0 Å². The summed E-state index contributed by atoms with van der Waals surface area (Å²) in [5, 5.41) is 0. The molecule has 0 aliphatic carbocycles. The van der Waals surface area contributed by atoms with E-state index in [9.17, 15) is 0 Å². The fraction of sp³-hybridized carbons (Fsp3) is 0.250. The van der Waals surface area contributed by atoms with E-state index in [1.54, 1.807) is 0 Å². The van der Waals surface area contributed by atoms with Crippen LogP contribution in [0.5, 0.6) is 5.75 Å². The first-order valence-corrected chi connectivity index (χ1v) is 6.30. The van der Waals surface area contributed by atoms with Gasteiger partial charge in [-0.2, -0.15) is 0 Å². The summed E-state index contributed by atoms with van der Waals surface area (Å²) in [6.07, 6.45) is 0. The van der Waals surface area contributed by atoms with Crippen LogP contribution in [0.4, 0.5) is 0 Å². The first kappa shape index (κ1) is 15.5. The molecule has 0 saturated heterocycles. The molecule has 2 rings (SSSR count). The van der Waals surface area contributed by atoms with Crippen LogP contribution in [0.15, 0.2) is 48.5 Å². The van der Waals surface area contributed by atoms with Crippen molar-refractivity contribution in [3.63, 3.8) is 0 Å². The van der Waals surface area contributed by atoms with Crippen molar-refractivity contribution in [1.29, 1.82) is 0 Å². The van der Waals surface area contributed by atoms with Crippen molar-refractivity contribution < 1.29 is 4.74 Å². The fourth-order valence-electron chi connectivity index (χ4n) is 1.98. The van der Waals surface area contributed by atoms with E-state index in [2.05, 4.69) is 24.3 Å². The first-order valence-electron chi connectivity index (χ1n) is 6.30. The third-order valence-corrected chi connectivity index (χ3v) is 2.91. The highest BCUT2D eigenvalue weighted by atomic mass is 35.5. The van der Waals surface area contributed by atoms with E-state index < -0.39 is 0 Å². The van der Waals surface area contributed by atoms with Crippen molar-refractivity contribution in [3.8, 4) is 16.9 Å². The zero-order valence-corrected chi connectivity index (χ0v) is 12.1. The third kappa shape index (κ3) is 3.72. The maximum atomic E-state index is 5.93. The zero-order chi connectivity index (χ0) is 13.0. The third-order valence-electron chi connectivity index (χ3n) is 2.91. The molecule has 0 saturated carbocycles. The Morgan fingerprint density at radius 3 is 2.53 bits per heavy atom. The number of benzene rings is 2. The topological polar surface area (TPSA) is 35.2 Å². The van der Waals surface area contributed by atoms with Crippen molar-refractivity contribution in [2.24, 2.45) is 5.73 Å². The molecule has 0 aliphatic heterocycles. The molecule has 0 aliphatic rings. The van der Waals surface area contributed by atoms with Crippen molar-refractivity contribution in [1.82, 2.24) is 0 Å². The van der Waals surface area contributed by atoms with Gasteiger partial charge in [-0.05, 0) is 37.1 Å². The minimum Gasteiger partial charge on any atom is -0.493 e. The van der Waals surface area contributed by atoms with E-state index in [0.717, 1.165) is 22.4 Å². The van der Waals surface area contributed by atoms with E-state index in [0.29, 0.717) is 6.61 Å². The van der Waals surface area contributed by atoms with Gasteiger partial charge in [0.1, 0.15) is 5.75 Å². The molecule has 0 aromatic heterocycles. The SMILES string of the molecule is CCOc1ccccc1-c1cccc([C@@H](C)N)c1.Cl. The predicted octanol–water partition coefficient (Wildman–Crippen LogP) is 4.19. The molecule has 102 valence electrons. The van der Waals surface area contributed by atoms with Gasteiger partial charge >= 0.3 is 0 Å². The average Bonchev–Trinajstić information content (AvgIpc) is 2.40. The van der Waals surface area contributed by atoms with Gasteiger partial charge in [-0.15, -0.1) is 12.4 Å². The Balaban J connectivity index is 0.00000180. The summed E-state index contributed by atoms with van der Waals surface area (Å²) in [6.45, 7) is 4.66. The number of hydrogen-bond donors (Lipinski definition) is 1. The summed E-state index contributed by atoms with van der Waals surface area (Å²) in [5.41, 5.74) is 9.32. The molecule has 2 nitrogen and oxygen atoms in total. The van der Waals surface area contributed by atoms with Crippen LogP contribution in [0.2, 0.25) is 0 Å². The Kier molecular flexibility index (Phi) is 5.87. The maximum Gasteiger partial charge on any atom is 0.127 e. The number of nitrogens with two attached hydrogens (primary N) is 1. The monoisotopic (exact) mass is 277 g/mol. The van der Waals surface area contributed by atoms with Gasteiger partial charge in [0.05, 0.1) is 6.61 Å². The van der Waals surface area contributed by atoms with Crippen molar-refractivity contribution in [3.05, 3.63) is 54.1 Å². The fourth-order valence-corrected chi connectivity index (χ4v) is 1.98. The summed E-state index contributed by atoms with van der Waals surface area (Å²) >= 11 is 0. The van der Waals surface area contributed by atoms with Crippen molar-refractivity contribution >= 4 is 12.4 Å². The van der Waals surface area contributed by atoms with Gasteiger partial charge in [0, 0.05) is 11.6 Å². The van der Waals surface area contributed by atoms with Crippen LogP contribution in [0.1, 0.15) is 25.5 Å². The Labute approximate surface area is 121 Å². The normalized spacial score (nSPS) is 11.5. The first-order chi connectivity index (χ1) is 8.72. The number of hydrogen-bond acceptors (Lipinski definition) is 2. The van der Waals surface area contributed by atoms with Gasteiger partial charge in [0.25, 0.3) is 0 Å². The van der Waals surface area contributed by atoms with Crippen LogP contribution in [-0.2, 0) is 0 Å². The molecule has 0 unspecified atom stereocenters. The molecule has 2 aromatic rings. The predicted molar refractivity (Wildman–Crippen MR) is 82.9 cm³/mol. The van der Waals surface area contributed by atoms with Crippen LogP contribution >= 0.6 is 12.4 Å². The number of para-hydroxylation sites is 1. The van der Waals surface area contributed by atoms with Gasteiger partial charge in [0.15, 0.2) is 0 Å². The van der Waals surface area contributed by atoms with Crippen LogP contribution in [0, 0.1) is 0 Å². The van der Waals surface area contributed by atoms with Gasteiger partial charge < -0.3 is 10.5 Å². The number of rotatable bonds is 4. The lowest BCUT2D eigenvalue weighted by atomic mass is 10.00. The highest BCUT2D eigenvalue weighted by molar-refractivity contribution is 5.85. The quantitative estimate of drug-likeness (QED) is 0.909. The van der Waals surface area contributed by atoms with Gasteiger partial charge in [-0.25, -0.2) is 0 Å². The minimum absolute atomic E-state index is 0. The Morgan fingerprint density at radius 2 is 1.84 bits per heavy atom. The standard InChI is InChI=1S/C16H19NO.ClH/c1-3-18-16-10-5-4-9-15(16)14-8-6-7-13(11-14)12(2)17;/h4-12H,3,17H2,1-2H3;1H/t12-;/m1./s1. The van der Waals surface area contributed by atoms with Gasteiger partial charge in [-0.1, -0.05) is 36.4 Å². The smallest absolute Gasteiger partial charge is 0.127 e. The molecule has 2 N–H and O–H groups in total.